The highest BCUT2D eigenvalue weighted by Gasteiger charge is 2.04. The SMILES string of the molecule is COCCNCc1cn(CC(C)COC)cn1. The van der Waals surface area contributed by atoms with Crippen LogP contribution >= 0.6 is 0 Å². The number of hydrogen-bond donors (Lipinski definition) is 1. The molecule has 1 N–H and O–H groups in total. The molecular formula is C12H23N3O2. The molecule has 0 aliphatic rings. The summed E-state index contributed by atoms with van der Waals surface area (Å²) in [6.07, 6.45) is 3.95. The van der Waals surface area contributed by atoms with Crippen molar-refractivity contribution < 1.29 is 9.47 Å². The topological polar surface area (TPSA) is 48.3 Å². The summed E-state index contributed by atoms with van der Waals surface area (Å²) in [6, 6.07) is 0. The molecule has 0 aliphatic heterocycles. The third kappa shape index (κ3) is 5.81. The summed E-state index contributed by atoms with van der Waals surface area (Å²) in [6.45, 7) is 6.25. The third-order valence-corrected chi connectivity index (χ3v) is 2.45. The first-order chi connectivity index (χ1) is 8.26. The van der Waals surface area contributed by atoms with Crippen molar-refractivity contribution in [3.05, 3.63) is 18.2 Å². The monoisotopic (exact) mass is 241 g/mol. The van der Waals surface area contributed by atoms with Gasteiger partial charge in [-0.2, -0.15) is 0 Å². The van der Waals surface area contributed by atoms with Crippen molar-refractivity contribution >= 4 is 0 Å². The number of hydrogen-bond acceptors (Lipinski definition) is 4. The number of aromatic nitrogens is 2. The maximum atomic E-state index is 5.11. The van der Waals surface area contributed by atoms with E-state index in [2.05, 4.69) is 28.0 Å². The molecule has 1 heterocycles. The molecule has 0 radical (unpaired) electrons. The average Bonchev–Trinajstić information content (AvgIpc) is 2.72. The molecule has 1 atom stereocenters. The summed E-state index contributed by atoms with van der Waals surface area (Å²) in [4.78, 5) is 4.35. The Kier molecular flexibility index (Phi) is 6.84. The summed E-state index contributed by atoms with van der Waals surface area (Å²) in [5, 5.41) is 3.27. The first kappa shape index (κ1) is 14.2. The number of nitrogens with one attached hydrogen (secondary N) is 1. The molecule has 17 heavy (non-hydrogen) atoms. The second kappa shape index (κ2) is 8.22. The lowest BCUT2D eigenvalue weighted by Gasteiger charge is -2.10. The molecule has 1 aromatic rings. The van der Waals surface area contributed by atoms with Gasteiger partial charge >= 0.3 is 0 Å². The van der Waals surface area contributed by atoms with E-state index in [0.29, 0.717) is 5.92 Å². The fraction of sp³-hybridized carbons (Fsp3) is 0.750. The Bertz CT molecular complexity index is 302. The predicted octanol–water partition coefficient (Wildman–Crippen LogP) is 0.902. The van der Waals surface area contributed by atoms with Crippen LogP contribution in [0.3, 0.4) is 0 Å². The lowest BCUT2D eigenvalue weighted by atomic mass is 10.2. The van der Waals surface area contributed by atoms with Crippen LogP contribution in [-0.4, -0.2) is 43.5 Å². The van der Waals surface area contributed by atoms with Gasteiger partial charge in [0, 0.05) is 40.1 Å². The van der Waals surface area contributed by atoms with Crippen LogP contribution in [0.4, 0.5) is 0 Å². The third-order valence-electron chi connectivity index (χ3n) is 2.45. The van der Waals surface area contributed by atoms with E-state index in [9.17, 15) is 0 Å². The van der Waals surface area contributed by atoms with Crippen LogP contribution in [0.1, 0.15) is 12.6 Å². The van der Waals surface area contributed by atoms with Gasteiger partial charge in [0.2, 0.25) is 0 Å². The predicted molar refractivity (Wildman–Crippen MR) is 66.8 cm³/mol. The zero-order valence-corrected chi connectivity index (χ0v) is 11.0. The Morgan fingerprint density at radius 1 is 1.41 bits per heavy atom. The van der Waals surface area contributed by atoms with Crippen molar-refractivity contribution in [2.75, 3.05) is 34.0 Å². The van der Waals surface area contributed by atoms with Gasteiger partial charge in [0.05, 0.1) is 25.2 Å². The molecule has 0 aromatic carbocycles. The van der Waals surface area contributed by atoms with E-state index in [0.717, 1.165) is 38.5 Å². The Labute approximate surface area is 103 Å². The molecule has 0 spiro atoms. The highest BCUT2D eigenvalue weighted by atomic mass is 16.5. The lowest BCUT2D eigenvalue weighted by molar-refractivity contribution is 0.151. The molecule has 1 rings (SSSR count). The van der Waals surface area contributed by atoms with Gasteiger partial charge in [-0.15, -0.1) is 0 Å². The molecule has 0 bridgehead atoms. The first-order valence-corrected chi connectivity index (χ1v) is 5.95. The van der Waals surface area contributed by atoms with Crippen LogP contribution in [0.25, 0.3) is 0 Å². The van der Waals surface area contributed by atoms with Gasteiger partial charge in [-0.1, -0.05) is 6.92 Å². The number of ether oxygens (including phenoxy) is 2. The fourth-order valence-electron chi connectivity index (χ4n) is 1.69. The fourth-order valence-corrected chi connectivity index (χ4v) is 1.69. The molecule has 98 valence electrons. The number of imidazole rings is 1. The van der Waals surface area contributed by atoms with Crippen LogP contribution in [0.2, 0.25) is 0 Å². The standard InChI is InChI=1S/C12H23N3O2/c1-11(9-17-3)7-15-8-12(14-10-15)6-13-4-5-16-2/h8,10-11,13H,4-7,9H2,1-3H3. The molecule has 0 saturated heterocycles. The molecule has 0 saturated carbocycles. The van der Waals surface area contributed by atoms with Gasteiger partial charge in [0.25, 0.3) is 0 Å². The van der Waals surface area contributed by atoms with Gasteiger partial charge < -0.3 is 19.4 Å². The maximum absolute atomic E-state index is 5.11. The average molecular weight is 241 g/mol. The van der Waals surface area contributed by atoms with Crippen molar-refractivity contribution in [1.29, 1.82) is 0 Å². The van der Waals surface area contributed by atoms with Crippen LogP contribution in [0.5, 0.6) is 0 Å². The number of methoxy groups -OCH3 is 2. The smallest absolute Gasteiger partial charge is 0.0950 e. The van der Waals surface area contributed by atoms with Crippen LogP contribution in [0, 0.1) is 5.92 Å². The number of nitrogens with zero attached hydrogens (tertiary/aromatic N) is 2. The van der Waals surface area contributed by atoms with Crippen LogP contribution in [-0.2, 0) is 22.6 Å². The summed E-state index contributed by atoms with van der Waals surface area (Å²) in [7, 11) is 3.43. The van der Waals surface area contributed by atoms with Crippen molar-refractivity contribution in [1.82, 2.24) is 14.9 Å². The molecule has 0 fully saturated rings. The Morgan fingerprint density at radius 2 is 2.24 bits per heavy atom. The van der Waals surface area contributed by atoms with Gasteiger partial charge in [0.1, 0.15) is 0 Å². The first-order valence-electron chi connectivity index (χ1n) is 5.95. The molecule has 0 aliphatic carbocycles. The Balaban J connectivity index is 2.27. The highest BCUT2D eigenvalue weighted by Crippen LogP contribution is 2.03. The van der Waals surface area contributed by atoms with Crippen LogP contribution < -0.4 is 5.32 Å². The van der Waals surface area contributed by atoms with Gasteiger partial charge in [-0.25, -0.2) is 4.98 Å². The summed E-state index contributed by atoms with van der Waals surface area (Å²) in [5.41, 5.74) is 1.06. The Morgan fingerprint density at radius 3 is 2.94 bits per heavy atom. The summed E-state index contributed by atoms with van der Waals surface area (Å²) >= 11 is 0. The van der Waals surface area contributed by atoms with Gasteiger partial charge in [-0.3, -0.25) is 0 Å². The van der Waals surface area contributed by atoms with E-state index in [1.165, 1.54) is 0 Å². The van der Waals surface area contributed by atoms with Crippen molar-refractivity contribution in [3.63, 3.8) is 0 Å². The minimum atomic E-state index is 0.503. The quantitative estimate of drug-likeness (QED) is 0.653. The van der Waals surface area contributed by atoms with Crippen LogP contribution in [0.15, 0.2) is 12.5 Å². The lowest BCUT2D eigenvalue weighted by Crippen LogP contribution is -2.18. The van der Waals surface area contributed by atoms with Gasteiger partial charge in [-0.05, 0) is 5.92 Å². The normalized spacial score (nSPS) is 12.9. The maximum Gasteiger partial charge on any atom is 0.0950 e. The zero-order chi connectivity index (χ0) is 12.5. The second-order valence-electron chi connectivity index (χ2n) is 4.29. The molecule has 1 unspecified atom stereocenters. The van der Waals surface area contributed by atoms with Crippen molar-refractivity contribution in [3.8, 4) is 0 Å². The van der Waals surface area contributed by atoms with E-state index >= 15 is 0 Å². The van der Waals surface area contributed by atoms with E-state index in [1.54, 1.807) is 14.2 Å². The molecule has 1 aromatic heterocycles. The minimum Gasteiger partial charge on any atom is -0.384 e. The van der Waals surface area contributed by atoms with Crippen molar-refractivity contribution in [2.24, 2.45) is 5.92 Å². The summed E-state index contributed by atoms with van der Waals surface area (Å²) in [5.74, 6) is 0.503. The molecular weight excluding hydrogens is 218 g/mol. The molecule has 5 heteroatoms. The minimum absolute atomic E-state index is 0.503. The van der Waals surface area contributed by atoms with Gasteiger partial charge in [0.15, 0.2) is 0 Å². The van der Waals surface area contributed by atoms with E-state index in [1.807, 2.05) is 6.33 Å². The van der Waals surface area contributed by atoms with E-state index < -0.39 is 0 Å². The zero-order valence-electron chi connectivity index (χ0n) is 11.0. The molecule has 0 amide bonds. The highest BCUT2D eigenvalue weighted by molar-refractivity contribution is 4.96. The Hall–Kier alpha value is -0.910. The van der Waals surface area contributed by atoms with E-state index in [-0.39, 0.29) is 0 Å². The van der Waals surface area contributed by atoms with Crippen molar-refractivity contribution in [2.45, 2.75) is 20.0 Å². The number of rotatable bonds is 9. The largest absolute Gasteiger partial charge is 0.384 e. The van der Waals surface area contributed by atoms with E-state index in [4.69, 9.17) is 9.47 Å². The summed E-state index contributed by atoms with van der Waals surface area (Å²) < 4.78 is 12.2. The second-order valence-corrected chi connectivity index (χ2v) is 4.29. The molecule has 5 nitrogen and oxygen atoms in total.